The predicted molar refractivity (Wildman–Crippen MR) is 103 cm³/mol. The first-order valence-corrected chi connectivity index (χ1v) is 8.91. The SMILES string of the molecule is COCC(=O)Nc1ccc(Cl)cc1N1C(N)=NC(N)=NC12CCCCC2. The molecule has 0 bridgehead atoms. The van der Waals surface area contributed by atoms with Crippen LogP contribution in [0.2, 0.25) is 5.02 Å². The van der Waals surface area contributed by atoms with Crippen LogP contribution >= 0.6 is 11.6 Å². The number of aliphatic imine (C=N–C) groups is 2. The lowest BCUT2D eigenvalue weighted by atomic mass is 9.87. The monoisotopic (exact) mass is 378 g/mol. The first kappa shape index (κ1) is 18.5. The van der Waals surface area contributed by atoms with Crippen molar-refractivity contribution in [3.63, 3.8) is 0 Å². The number of guanidine groups is 2. The number of halogens is 1. The van der Waals surface area contributed by atoms with Gasteiger partial charge in [-0.15, -0.1) is 0 Å². The molecule has 0 saturated heterocycles. The van der Waals surface area contributed by atoms with E-state index in [2.05, 4.69) is 15.3 Å². The molecule has 1 fully saturated rings. The molecule has 8 nitrogen and oxygen atoms in total. The van der Waals surface area contributed by atoms with Crippen LogP contribution in [0.1, 0.15) is 32.1 Å². The molecule has 0 unspecified atom stereocenters. The Balaban J connectivity index is 2.06. The number of carbonyl (C=O) groups excluding carboxylic acids is 1. The van der Waals surface area contributed by atoms with Gasteiger partial charge in [0, 0.05) is 12.1 Å². The number of carbonyl (C=O) groups is 1. The van der Waals surface area contributed by atoms with E-state index in [-0.39, 0.29) is 24.4 Å². The second-order valence-electron chi connectivity index (χ2n) is 6.46. The van der Waals surface area contributed by atoms with Crippen LogP contribution in [0, 0.1) is 0 Å². The fourth-order valence-corrected chi connectivity index (χ4v) is 3.75. The van der Waals surface area contributed by atoms with Crippen LogP contribution in [0.3, 0.4) is 0 Å². The summed E-state index contributed by atoms with van der Waals surface area (Å²) in [6, 6.07) is 5.19. The number of hydrogen-bond acceptors (Lipinski definition) is 7. The van der Waals surface area contributed by atoms with E-state index in [0.717, 1.165) is 32.1 Å². The van der Waals surface area contributed by atoms with Crippen LogP contribution in [-0.4, -0.2) is 37.2 Å². The molecule has 0 radical (unpaired) electrons. The van der Waals surface area contributed by atoms with E-state index in [1.165, 1.54) is 7.11 Å². The smallest absolute Gasteiger partial charge is 0.250 e. The number of benzene rings is 1. The van der Waals surface area contributed by atoms with Crippen LogP contribution < -0.4 is 21.7 Å². The first-order valence-electron chi connectivity index (χ1n) is 8.53. The minimum atomic E-state index is -0.612. The van der Waals surface area contributed by atoms with Crippen molar-refractivity contribution in [2.75, 3.05) is 23.9 Å². The average Bonchev–Trinajstić information content (AvgIpc) is 2.57. The third-order valence-electron chi connectivity index (χ3n) is 4.60. The number of amides is 1. The van der Waals surface area contributed by atoms with Gasteiger partial charge < -0.3 is 21.5 Å². The highest BCUT2D eigenvalue weighted by atomic mass is 35.5. The van der Waals surface area contributed by atoms with Crippen molar-refractivity contribution in [2.24, 2.45) is 21.5 Å². The summed E-state index contributed by atoms with van der Waals surface area (Å²) in [7, 11) is 1.46. The lowest BCUT2D eigenvalue weighted by Crippen LogP contribution is -2.58. The maximum Gasteiger partial charge on any atom is 0.250 e. The number of nitrogens with two attached hydrogens (primary N) is 2. The minimum Gasteiger partial charge on any atom is -0.375 e. The van der Waals surface area contributed by atoms with E-state index >= 15 is 0 Å². The lowest BCUT2D eigenvalue weighted by Gasteiger charge is -2.46. The van der Waals surface area contributed by atoms with Crippen LogP contribution in [0.25, 0.3) is 0 Å². The molecule has 26 heavy (non-hydrogen) atoms. The summed E-state index contributed by atoms with van der Waals surface area (Å²) in [5.74, 6) is 0.140. The summed E-state index contributed by atoms with van der Waals surface area (Å²) >= 11 is 6.23. The van der Waals surface area contributed by atoms with Gasteiger partial charge in [-0.2, -0.15) is 4.99 Å². The number of rotatable bonds is 4. The van der Waals surface area contributed by atoms with Gasteiger partial charge in [0.25, 0.3) is 0 Å². The molecule has 1 saturated carbocycles. The molecule has 1 aliphatic carbocycles. The van der Waals surface area contributed by atoms with Crippen molar-refractivity contribution >= 4 is 40.8 Å². The number of hydrogen-bond donors (Lipinski definition) is 3. The lowest BCUT2D eigenvalue weighted by molar-refractivity contribution is -0.119. The van der Waals surface area contributed by atoms with Crippen LogP contribution in [0.15, 0.2) is 28.2 Å². The van der Waals surface area contributed by atoms with Crippen LogP contribution in [0.4, 0.5) is 11.4 Å². The highest BCUT2D eigenvalue weighted by Crippen LogP contribution is 2.42. The number of methoxy groups -OCH3 is 1. The quantitative estimate of drug-likeness (QED) is 0.740. The normalized spacial score (nSPS) is 19.1. The zero-order valence-corrected chi connectivity index (χ0v) is 15.4. The topological polar surface area (TPSA) is 118 Å². The number of anilines is 2. The van der Waals surface area contributed by atoms with Crippen molar-refractivity contribution in [2.45, 2.75) is 37.8 Å². The molecular formula is C17H23ClN6O2. The largest absolute Gasteiger partial charge is 0.375 e. The summed E-state index contributed by atoms with van der Waals surface area (Å²) in [6.45, 7) is -0.0537. The van der Waals surface area contributed by atoms with Gasteiger partial charge in [0.05, 0.1) is 11.4 Å². The molecule has 1 aromatic rings. The van der Waals surface area contributed by atoms with E-state index in [9.17, 15) is 4.79 Å². The molecular weight excluding hydrogens is 356 g/mol. The van der Waals surface area contributed by atoms with Gasteiger partial charge in [-0.1, -0.05) is 18.0 Å². The Morgan fingerprint density at radius 2 is 2.08 bits per heavy atom. The molecule has 9 heteroatoms. The highest BCUT2D eigenvalue weighted by Gasteiger charge is 2.43. The Kier molecular flexibility index (Phi) is 5.33. The molecule has 140 valence electrons. The Hall–Kier alpha value is -2.32. The Morgan fingerprint density at radius 3 is 2.77 bits per heavy atom. The third kappa shape index (κ3) is 3.61. The van der Waals surface area contributed by atoms with Crippen molar-refractivity contribution < 1.29 is 9.53 Å². The van der Waals surface area contributed by atoms with E-state index in [1.807, 2.05) is 4.90 Å². The molecule has 2 aliphatic rings. The maximum absolute atomic E-state index is 12.0. The molecule has 1 aliphatic heterocycles. The van der Waals surface area contributed by atoms with Gasteiger partial charge in [0.2, 0.25) is 17.8 Å². The summed E-state index contributed by atoms with van der Waals surface area (Å²) in [5.41, 5.74) is 12.7. The average molecular weight is 379 g/mol. The van der Waals surface area contributed by atoms with Crippen molar-refractivity contribution in [3.8, 4) is 0 Å². The van der Waals surface area contributed by atoms with Crippen LogP contribution in [0.5, 0.6) is 0 Å². The maximum atomic E-state index is 12.0. The van der Waals surface area contributed by atoms with E-state index in [1.54, 1.807) is 18.2 Å². The molecule has 1 amide bonds. The summed E-state index contributed by atoms with van der Waals surface area (Å²) < 4.78 is 4.89. The van der Waals surface area contributed by atoms with E-state index in [0.29, 0.717) is 16.4 Å². The summed E-state index contributed by atoms with van der Waals surface area (Å²) in [6.07, 6.45) is 4.73. The number of nitrogens with zero attached hydrogens (tertiary/aromatic N) is 3. The zero-order valence-electron chi connectivity index (χ0n) is 14.7. The molecule has 0 atom stereocenters. The fraction of sp³-hybridized carbons (Fsp3) is 0.471. The zero-order chi connectivity index (χ0) is 18.7. The van der Waals surface area contributed by atoms with Gasteiger partial charge >= 0.3 is 0 Å². The van der Waals surface area contributed by atoms with Crippen molar-refractivity contribution in [3.05, 3.63) is 23.2 Å². The summed E-state index contributed by atoms with van der Waals surface area (Å²) in [5, 5.41) is 3.35. The van der Waals surface area contributed by atoms with Gasteiger partial charge in [-0.3, -0.25) is 9.69 Å². The minimum absolute atomic E-state index is 0.0537. The van der Waals surface area contributed by atoms with Gasteiger partial charge in [0.1, 0.15) is 12.3 Å². The van der Waals surface area contributed by atoms with Crippen LogP contribution in [-0.2, 0) is 9.53 Å². The Bertz CT molecular complexity index is 758. The Morgan fingerprint density at radius 1 is 1.35 bits per heavy atom. The second-order valence-corrected chi connectivity index (χ2v) is 6.90. The van der Waals surface area contributed by atoms with E-state index < -0.39 is 5.66 Å². The van der Waals surface area contributed by atoms with Gasteiger partial charge in [-0.25, -0.2) is 4.99 Å². The predicted octanol–water partition coefficient (Wildman–Crippen LogP) is 2.03. The van der Waals surface area contributed by atoms with Gasteiger partial charge in [0.15, 0.2) is 0 Å². The molecule has 3 rings (SSSR count). The Labute approximate surface area is 157 Å². The number of nitrogens with one attached hydrogen (secondary N) is 1. The molecule has 1 heterocycles. The first-order chi connectivity index (χ1) is 12.4. The summed E-state index contributed by atoms with van der Waals surface area (Å²) in [4.78, 5) is 22.7. The standard InChI is InChI=1S/C17H23ClN6O2/c1-26-10-14(25)21-12-6-5-11(18)9-13(12)24-16(20)22-15(19)23-17(24)7-3-2-4-8-17/h5-6,9H,2-4,7-8,10H2,1H3,(H,21,25)(H4,19,20,22,23). The fourth-order valence-electron chi connectivity index (χ4n) is 3.58. The third-order valence-corrected chi connectivity index (χ3v) is 4.84. The molecule has 0 aromatic heterocycles. The number of ether oxygens (including phenoxy) is 1. The van der Waals surface area contributed by atoms with Crippen molar-refractivity contribution in [1.82, 2.24) is 0 Å². The molecule has 1 spiro atoms. The van der Waals surface area contributed by atoms with Crippen molar-refractivity contribution in [1.29, 1.82) is 0 Å². The van der Waals surface area contributed by atoms with E-state index in [4.69, 9.17) is 27.8 Å². The van der Waals surface area contributed by atoms with Gasteiger partial charge in [-0.05, 0) is 43.9 Å². The molecule has 1 aromatic carbocycles. The highest BCUT2D eigenvalue weighted by molar-refractivity contribution is 6.31. The second kappa shape index (κ2) is 7.51. The molecule has 5 N–H and O–H groups in total.